The lowest BCUT2D eigenvalue weighted by molar-refractivity contribution is 0.944. The molecular formula is C4H8Cl5FS2. The summed E-state index contributed by atoms with van der Waals surface area (Å²) < 4.78 is 9.08. The van der Waals surface area contributed by atoms with Crippen molar-refractivity contribution in [2.45, 2.75) is 3.12 Å². The largest absolute Gasteiger partial charge is 0.237 e. The first kappa shape index (κ1) is 19.6. The van der Waals surface area contributed by atoms with Gasteiger partial charge in [0, 0.05) is 18.4 Å². The average Bonchev–Trinajstić information content (AvgIpc) is 1.90. The molecule has 0 aromatic heterocycles. The number of thioether (sulfide) groups is 1. The second-order valence-electron chi connectivity index (χ2n) is 0.905. The summed E-state index contributed by atoms with van der Waals surface area (Å²) in [6.45, 7) is 0. The van der Waals surface area contributed by atoms with Gasteiger partial charge in [0.25, 0.3) is 0 Å². The first-order valence-corrected chi connectivity index (χ1v) is 6.83. The number of alkyl halides is 5. The molecule has 0 radical (unpaired) electrons. The molecule has 78 valence electrons. The smallest absolute Gasteiger partial charge is 0.166 e. The van der Waals surface area contributed by atoms with Crippen molar-refractivity contribution in [3.05, 3.63) is 0 Å². The van der Waals surface area contributed by atoms with E-state index in [9.17, 15) is 3.89 Å². The van der Waals surface area contributed by atoms with Crippen LogP contribution in [0.25, 0.3) is 0 Å². The maximum Gasteiger partial charge on any atom is 0.237 e. The average molecular weight is 317 g/mol. The summed E-state index contributed by atoms with van der Waals surface area (Å²) >= 11 is 26.6. The minimum atomic E-state index is -1.12. The molecule has 0 saturated carbocycles. The van der Waals surface area contributed by atoms with Crippen molar-refractivity contribution in [2.75, 3.05) is 17.9 Å². The maximum absolute atomic E-state index is 10.2. The molecular weight excluding hydrogens is 308 g/mol. The topological polar surface area (TPSA) is 0 Å². The van der Waals surface area contributed by atoms with Crippen molar-refractivity contribution in [3.63, 3.8) is 0 Å². The molecule has 0 saturated heterocycles. The molecule has 0 N–H and O–H groups in total. The highest BCUT2D eigenvalue weighted by Crippen LogP contribution is 2.36. The van der Waals surface area contributed by atoms with Gasteiger partial charge in [-0.25, -0.2) is 0 Å². The standard InChI is InChI=1S/C2H3Cl3S.CH2Cl2.CH3FS/c1-6-2(3,4)5;2-1-3;1-3-2/h1H3;1H2;1H3. The molecule has 8 heteroatoms. The van der Waals surface area contributed by atoms with Gasteiger partial charge in [-0.3, -0.25) is 0 Å². The van der Waals surface area contributed by atoms with Gasteiger partial charge in [0.05, 0.1) is 5.34 Å². The molecule has 0 rings (SSSR count). The summed E-state index contributed by atoms with van der Waals surface area (Å²) in [5, 5.41) is 0.194. The summed E-state index contributed by atoms with van der Waals surface area (Å²) in [6.07, 6.45) is 3.10. The molecule has 0 amide bonds. The molecule has 0 atom stereocenters. The summed E-state index contributed by atoms with van der Waals surface area (Å²) in [7, 11) is 0. The van der Waals surface area contributed by atoms with Gasteiger partial charge >= 0.3 is 0 Å². The van der Waals surface area contributed by atoms with Crippen LogP contribution in [0.5, 0.6) is 0 Å². The van der Waals surface area contributed by atoms with Crippen molar-refractivity contribution in [2.24, 2.45) is 0 Å². The molecule has 0 unspecified atom stereocenters. The molecule has 0 aromatic rings. The van der Waals surface area contributed by atoms with E-state index >= 15 is 0 Å². The molecule has 0 spiro atoms. The van der Waals surface area contributed by atoms with Crippen LogP contribution in [0.2, 0.25) is 0 Å². The van der Waals surface area contributed by atoms with Gasteiger partial charge in [-0.05, 0) is 6.26 Å². The number of hydrogen-bond acceptors (Lipinski definition) is 2. The van der Waals surface area contributed by atoms with E-state index in [1.807, 2.05) is 0 Å². The van der Waals surface area contributed by atoms with E-state index in [4.69, 9.17) is 58.0 Å². The van der Waals surface area contributed by atoms with Gasteiger partial charge in [-0.1, -0.05) is 34.8 Å². The van der Waals surface area contributed by atoms with E-state index in [1.54, 1.807) is 6.26 Å². The Balaban J connectivity index is -0.000000115. The minimum Gasteiger partial charge on any atom is -0.166 e. The summed E-state index contributed by atoms with van der Waals surface area (Å²) in [5.74, 6) is 0. The Bertz CT molecular complexity index is 67.0. The third kappa shape index (κ3) is 57.5. The zero-order chi connectivity index (χ0) is 10.6. The van der Waals surface area contributed by atoms with Gasteiger partial charge < -0.3 is 0 Å². The van der Waals surface area contributed by atoms with Crippen LogP contribution in [0, 0.1) is 0 Å². The van der Waals surface area contributed by atoms with E-state index < -0.39 is 3.12 Å². The molecule has 0 bridgehead atoms. The van der Waals surface area contributed by atoms with Crippen molar-refractivity contribution in [3.8, 4) is 0 Å². The van der Waals surface area contributed by atoms with Gasteiger partial charge in [0.2, 0.25) is 3.12 Å². The molecule has 0 aliphatic rings. The highest BCUT2D eigenvalue weighted by atomic mass is 35.6. The third-order valence-electron chi connectivity index (χ3n) is 0.231. The molecule has 0 heterocycles. The highest BCUT2D eigenvalue weighted by molar-refractivity contribution is 8.04. The number of hydrogen-bond donors (Lipinski definition) is 0. The lowest BCUT2D eigenvalue weighted by atomic mass is 11.8. The predicted octanol–water partition coefficient (Wildman–Crippen LogP) is 5.33. The zero-order valence-electron chi connectivity index (χ0n) is 6.29. The predicted molar refractivity (Wildman–Crippen MR) is 65.0 cm³/mol. The Morgan fingerprint density at radius 3 is 1.25 bits per heavy atom. The monoisotopic (exact) mass is 314 g/mol. The van der Waals surface area contributed by atoms with Crippen LogP contribution in [0.3, 0.4) is 0 Å². The second-order valence-corrected chi connectivity index (χ2v) is 6.00. The molecule has 0 nitrogen and oxygen atoms in total. The Morgan fingerprint density at radius 2 is 1.25 bits per heavy atom. The van der Waals surface area contributed by atoms with Crippen LogP contribution in [-0.2, 0) is 0 Å². The van der Waals surface area contributed by atoms with Crippen LogP contribution in [0.1, 0.15) is 0 Å². The second kappa shape index (κ2) is 15.5. The highest BCUT2D eigenvalue weighted by Gasteiger charge is 2.15. The summed E-state index contributed by atoms with van der Waals surface area (Å²) in [4.78, 5) is 0. The van der Waals surface area contributed by atoms with Crippen molar-refractivity contribution < 1.29 is 3.89 Å². The zero-order valence-corrected chi connectivity index (χ0v) is 11.7. The summed E-state index contributed by atoms with van der Waals surface area (Å²) in [5.41, 5.74) is 0. The van der Waals surface area contributed by atoms with Crippen LogP contribution < -0.4 is 0 Å². The van der Waals surface area contributed by atoms with Crippen LogP contribution >= 0.6 is 81.9 Å². The van der Waals surface area contributed by atoms with E-state index in [-0.39, 0.29) is 17.5 Å². The van der Waals surface area contributed by atoms with Crippen molar-refractivity contribution in [1.29, 1.82) is 0 Å². The van der Waals surface area contributed by atoms with Gasteiger partial charge in [0.15, 0.2) is 0 Å². The Morgan fingerprint density at radius 1 is 1.17 bits per heavy atom. The maximum atomic E-state index is 10.2. The molecule has 0 aromatic carbocycles. The number of rotatable bonds is 0. The summed E-state index contributed by atoms with van der Waals surface area (Å²) in [6, 6.07) is 0. The lowest BCUT2D eigenvalue weighted by Gasteiger charge is -2.02. The van der Waals surface area contributed by atoms with Gasteiger partial charge in [-0.2, -0.15) is 3.89 Å². The first-order chi connectivity index (χ1) is 5.39. The van der Waals surface area contributed by atoms with E-state index in [1.165, 1.54) is 18.0 Å². The van der Waals surface area contributed by atoms with Crippen LogP contribution in [0.4, 0.5) is 3.89 Å². The normalized spacial score (nSPS) is 9.00. The molecule has 0 aliphatic carbocycles. The molecule has 0 fully saturated rings. The van der Waals surface area contributed by atoms with E-state index in [0.717, 1.165) is 0 Å². The van der Waals surface area contributed by atoms with E-state index in [2.05, 4.69) is 0 Å². The molecule has 12 heavy (non-hydrogen) atoms. The quantitative estimate of drug-likeness (QED) is 0.554. The fraction of sp³-hybridized carbons (Fsp3) is 1.00. The minimum absolute atomic E-state index is 0.194. The van der Waals surface area contributed by atoms with Crippen molar-refractivity contribution in [1.82, 2.24) is 0 Å². The first-order valence-electron chi connectivity index (χ1n) is 2.28. The van der Waals surface area contributed by atoms with E-state index in [0.29, 0.717) is 0 Å². The molecule has 0 aliphatic heterocycles. The number of halogens is 6. The van der Waals surface area contributed by atoms with Crippen LogP contribution in [0.15, 0.2) is 0 Å². The fourth-order valence-electron chi connectivity index (χ4n) is 0. The van der Waals surface area contributed by atoms with Crippen LogP contribution in [-0.4, -0.2) is 21.0 Å². The Labute approximate surface area is 106 Å². The fourth-order valence-corrected chi connectivity index (χ4v) is 0. The third-order valence-corrected chi connectivity index (χ3v) is 2.08. The Hall–Kier alpha value is 2.08. The van der Waals surface area contributed by atoms with Gasteiger partial charge in [0.1, 0.15) is 0 Å². The lowest BCUT2D eigenvalue weighted by Crippen LogP contribution is -1.88. The van der Waals surface area contributed by atoms with Crippen molar-refractivity contribution >= 4 is 81.9 Å². The SMILES string of the molecule is CSC(Cl)(Cl)Cl.CSF.ClCCl. The Kier molecular flexibility index (Phi) is 25.4. The van der Waals surface area contributed by atoms with Gasteiger partial charge in [-0.15, -0.1) is 35.0 Å².